The van der Waals surface area contributed by atoms with E-state index in [0.717, 1.165) is 6.42 Å². The minimum absolute atomic E-state index is 0.0816. The van der Waals surface area contributed by atoms with Gasteiger partial charge in [0, 0.05) is 14.9 Å². The number of hydrogen-bond acceptors (Lipinski definition) is 0. The molecule has 0 saturated heterocycles. The Morgan fingerprint density at radius 1 is 1.53 bits per heavy atom. The van der Waals surface area contributed by atoms with E-state index in [1.54, 1.807) is 6.07 Å². The molecule has 3 atom stereocenters. The molecule has 0 spiro atoms. The molecule has 1 aliphatic rings. The van der Waals surface area contributed by atoms with Crippen molar-refractivity contribution < 1.29 is 4.39 Å². The first kappa shape index (κ1) is 11.9. The average molecular weight is 356 g/mol. The molecule has 1 saturated carbocycles. The highest BCUT2D eigenvalue weighted by Gasteiger charge is 2.39. The van der Waals surface area contributed by atoms with Crippen molar-refractivity contribution in [1.29, 1.82) is 0 Å². The average Bonchev–Trinajstić information content (AvgIpc) is 2.88. The van der Waals surface area contributed by atoms with Gasteiger partial charge in [0.25, 0.3) is 0 Å². The van der Waals surface area contributed by atoms with Crippen molar-refractivity contribution in [2.24, 2.45) is 11.8 Å². The van der Waals surface area contributed by atoms with Crippen molar-refractivity contribution in [3.8, 4) is 0 Å². The van der Waals surface area contributed by atoms with E-state index in [9.17, 15) is 4.39 Å². The molecule has 4 heteroatoms. The maximum atomic E-state index is 13.7. The van der Waals surface area contributed by atoms with E-state index in [1.807, 2.05) is 0 Å². The fourth-order valence-corrected chi connectivity index (χ4v) is 3.31. The number of benzene rings is 1. The summed E-state index contributed by atoms with van der Waals surface area (Å²) in [6.07, 6.45) is 1.16. The highest BCUT2D eigenvalue weighted by Crippen LogP contribution is 2.52. The molecular formula is C11H10Br2ClF. The molecular weight excluding hydrogens is 346 g/mol. The lowest BCUT2D eigenvalue weighted by atomic mass is 10.1. The Labute approximate surface area is 110 Å². The zero-order chi connectivity index (χ0) is 11.2. The van der Waals surface area contributed by atoms with Crippen LogP contribution < -0.4 is 0 Å². The van der Waals surface area contributed by atoms with Gasteiger partial charge in [-0.2, -0.15) is 0 Å². The summed E-state index contributed by atoms with van der Waals surface area (Å²) in [7, 11) is 0. The van der Waals surface area contributed by atoms with Crippen LogP contribution in [0, 0.1) is 17.7 Å². The molecule has 0 amide bonds. The predicted octanol–water partition coefficient (Wildman–Crippen LogP) is 5.33. The number of hydrogen-bond donors (Lipinski definition) is 0. The van der Waals surface area contributed by atoms with Crippen molar-refractivity contribution in [3.05, 3.63) is 33.0 Å². The lowest BCUT2D eigenvalue weighted by Crippen LogP contribution is -1.98. The summed E-state index contributed by atoms with van der Waals surface area (Å²) in [4.78, 5) is 0.0816. The molecule has 1 aromatic rings. The Hall–Kier alpha value is 0.400. The van der Waals surface area contributed by atoms with Crippen molar-refractivity contribution in [3.63, 3.8) is 0 Å². The Morgan fingerprint density at radius 2 is 2.13 bits per heavy atom. The Morgan fingerprint density at radius 3 is 2.67 bits per heavy atom. The molecule has 1 fully saturated rings. The lowest BCUT2D eigenvalue weighted by molar-refractivity contribution is 0.595. The van der Waals surface area contributed by atoms with E-state index in [1.165, 1.54) is 6.07 Å². The summed E-state index contributed by atoms with van der Waals surface area (Å²) >= 11 is 12.7. The summed E-state index contributed by atoms with van der Waals surface area (Å²) in [5.41, 5.74) is 0.664. The standard InChI is InChI=1S/C11H10Br2ClF/c1-5-2-6(5)11(13)7-3-9(14)8(12)4-10(7)15/h3-6,11H,2H2,1H3. The summed E-state index contributed by atoms with van der Waals surface area (Å²) in [6, 6.07) is 3.13. The van der Waals surface area contributed by atoms with Gasteiger partial charge < -0.3 is 0 Å². The zero-order valence-electron chi connectivity index (χ0n) is 8.11. The topological polar surface area (TPSA) is 0 Å². The molecule has 0 heterocycles. The van der Waals surface area contributed by atoms with E-state index < -0.39 is 0 Å². The molecule has 2 rings (SSSR count). The molecule has 0 aromatic heterocycles. The number of halogens is 4. The van der Waals surface area contributed by atoms with Gasteiger partial charge in [-0.15, -0.1) is 0 Å². The van der Waals surface area contributed by atoms with Crippen LogP contribution in [0.3, 0.4) is 0 Å². The lowest BCUT2D eigenvalue weighted by Gasteiger charge is -2.11. The Balaban J connectivity index is 2.31. The van der Waals surface area contributed by atoms with E-state index in [0.29, 0.717) is 26.9 Å². The smallest absolute Gasteiger partial charge is 0.128 e. The van der Waals surface area contributed by atoms with Crippen LogP contribution in [-0.4, -0.2) is 0 Å². The predicted molar refractivity (Wildman–Crippen MR) is 68.0 cm³/mol. The minimum atomic E-state index is -0.202. The first-order chi connectivity index (χ1) is 7.00. The molecule has 1 aliphatic carbocycles. The second-order valence-corrected chi connectivity index (χ2v) is 6.31. The molecule has 3 unspecified atom stereocenters. The summed E-state index contributed by atoms with van der Waals surface area (Å²) < 4.78 is 14.3. The number of rotatable bonds is 2. The summed E-state index contributed by atoms with van der Waals surface area (Å²) in [6.45, 7) is 2.18. The zero-order valence-corrected chi connectivity index (χ0v) is 12.0. The van der Waals surface area contributed by atoms with Crippen LogP contribution in [-0.2, 0) is 0 Å². The molecule has 0 nitrogen and oxygen atoms in total. The molecule has 82 valence electrons. The van der Waals surface area contributed by atoms with Crippen LogP contribution in [0.2, 0.25) is 5.02 Å². The minimum Gasteiger partial charge on any atom is -0.207 e. The molecule has 15 heavy (non-hydrogen) atoms. The largest absolute Gasteiger partial charge is 0.207 e. The Bertz CT molecular complexity index is 394. The highest BCUT2D eigenvalue weighted by molar-refractivity contribution is 9.10. The van der Waals surface area contributed by atoms with Crippen LogP contribution in [0.4, 0.5) is 4.39 Å². The second-order valence-electron chi connectivity index (χ2n) is 4.07. The normalized spacial score (nSPS) is 26.5. The van der Waals surface area contributed by atoms with Crippen LogP contribution >= 0.6 is 43.5 Å². The third-order valence-electron chi connectivity index (χ3n) is 2.88. The van der Waals surface area contributed by atoms with Gasteiger partial charge in [-0.1, -0.05) is 34.5 Å². The van der Waals surface area contributed by atoms with Crippen LogP contribution in [0.15, 0.2) is 16.6 Å². The van der Waals surface area contributed by atoms with Gasteiger partial charge >= 0.3 is 0 Å². The molecule has 0 N–H and O–H groups in total. The maximum absolute atomic E-state index is 13.7. The first-order valence-corrected chi connectivity index (χ1v) is 6.88. The SMILES string of the molecule is CC1CC1C(Br)c1cc(Cl)c(Br)cc1F. The second kappa shape index (κ2) is 4.34. The van der Waals surface area contributed by atoms with E-state index in [4.69, 9.17) is 11.6 Å². The third-order valence-corrected chi connectivity index (χ3v) is 5.25. The molecule has 0 radical (unpaired) electrons. The maximum Gasteiger partial charge on any atom is 0.128 e. The van der Waals surface area contributed by atoms with Gasteiger partial charge in [0.1, 0.15) is 5.82 Å². The van der Waals surface area contributed by atoms with Gasteiger partial charge in [-0.3, -0.25) is 0 Å². The quantitative estimate of drug-likeness (QED) is 0.496. The van der Waals surface area contributed by atoms with Crippen LogP contribution in [0.5, 0.6) is 0 Å². The van der Waals surface area contributed by atoms with Crippen molar-refractivity contribution in [2.75, 3.05) is 0 Å². The van der Waals surface area contributed by atoms with Gasteiger partial charge in [0.15, 0.2) is 0 Å². The Kier molecular flexibility index (Phi) is 3.44. The van der Waals surface area contributed by atoms with Gasteiger partial charge in [0.2, 0.25) is 0 Å². The first-order valence-electron chi connectivity index (χ1n) is 4.79. The monoisotopic (exact) mass is 354 g/mol. The van der Waals surface area contributed by atoms with E-state index in [-0.39, 0.29) is 10.6 Å². The van der Waals surface area contributed by atoms with Gasteiger partial charge in [-0.25, -0.2) is 4.39 Å². The van der Waals surface area contributed by atoms with Gasteiger partial charge in [0.05, 0.1) is 5.02 Å². The van der Waals surface area contributed by atoms with Crippen molar-refractivity contribution in [1.82, 2.24) is 0 Å². The van der Waals surface area contributed by atoms with E-state index in [2.05, 4.69) is 38.8 Å². The fourth-order valence-electron chi connectivity index (χ4n) is 1.74. The van der Waals surface area contributed by atoms with Gasteiger partial charge in [-0.05, 0) is 46.3 Å². The number of alkyl halides is 1. The van der Waals surface area contributed by atoms with E-state index >= 15 is 0 Å². The molecule has 1 aromatic carbocycles. The van der Waals surface area contributed by atoms with Crippen LogP contribution in [0.1, 0.15) is 23.7 Å². The molecule has 0 bridgehead atoms. The molecule has 0 aliphatic heterocycles. The third kappa shape index (κ3) is 2.40. The summed E-state index contributed by atoms with van der Waals surface area (Å²) in [5, 5.41) is 0.559. The van der Waals surface area contributed by atoms with Crippen LogP contribution in [0.25, 0.3) is 0 Å². The highest BCUT2D eigenvalue weighted by atomic mass is 79.9. The fraction of sp³-hybridized carbons (Fsp3) is 0.455. The summed E-state index contributed by atoms with van der Waals surface area (Å²) in [5.74, 6) is 1.01. The van der Waals surface area contributed by atoms with Crippen molar-refractivity contribution >= 4 is 43.5 Å². The van der Waals surface area contributed by atoms with Crippen molar-refractivity contribution in [2.45, 2.75) is 18.2 Å².